The molecule has 5 rings (SSSR count). The molecule has 0 bridgehead atoms. The summed E-state index contributed by atoms with van der Waals surface area (Å²) in [6.07, 6.45) is 6.45. The lowest BCUT2D eigenvalue weighted by molar-refractivity contribution is -0.134. The van der Waals surface area contributed by atoms with Gasteiger partial charge in [0.25, 0.3) is 0 Å². The van der Waals surface area contributed by atoms with Crippen LogP contribution in [0, 0.1) is 0 Å². The third kappa shape index (κ3) is 3.17. The Labute approximate surface area is 161 Å². The summed E-state index contributed by atoms with van der Waals surface area (Å²) >= 11 is 0. The van der Waals surface area contributed by atoms with Crippen LogP contribution in [-0.2, 0) is 17.8 Å². The molecule has 3 aromatic heterocycles. The number of fused-ring (bicyclic) bond motifs is 1. The van der Waals surface area contributed by atoms with Crippen molar-refractivity contribution in [3.05, 3.63) is 42.1 Å². The normalized spacial score (nSPS) is 18.9. The summed E-state index contributed by atoms with van der Waals surface area (Å²) in [7, 11) is 0. The van der Waals surface area contributed by atoms with E-state index in [2.05, 4.69) is 20.2 Å². The Balaban J connectivity index is 1.23. The first-order valence-electron chi connectivity index (χ1n) is 9.66. The summed E-state index contributed by atoms with van der Waals surface area (Å²) in [5, 5.41) is 8.60. The van der Waals surface area contributed by atoms with E-state index < -0.39 is 0 Å². The minimum atomic E-state index is -0.0729. The maximum atomic E-state index is 12.8. The molecule has 0 unspecified atom stereocenters. The first-order valence-corrected chi connectivity index (χ1v) is 9.66. The zero-order valence-electron chi connectivity index (χ0n) is 15.7. The standard InChI is InChI=1S/C19H21N7O2/c1-12-19-22-17(13-2-3-13)23-26(19)11-10-25(12)16(27)5-4-15-21-18(24-28-15)14-6-8-20-9-7-14/h6-9,12-13H,2-5,10-11H2,1H3/t12-/m1/s1. The SMILES string of the molecule is C[C@@H]1c2nc(C3CC3)nn2CCN1C(=O)CCc1nc(-c2ccncc2)no1. The lowest BCUT2D eigenvalue weighted by Gasteiger charge is -2.32. The second kappa shape index (κ2) is 6.81. The van der Waals surface area contributed by atoms with Crippen LogP contribution in [0.5, 0.6) is 0 Å². The topological polar surface area (TPSA) is 103 Å². The van der Waals surface area contributed by atoms with E-state index in [4.69, 9.17) is 9.51 Å². The van der Waals surface area contributed by atoms with Gasteiger partial charge < -0.3 is 9.42 Å². The second-order valence-electron chi connectivity index (χ2n) is 7.34. The molecule has 144 valence electrons. The maximum absolute atomic E-state index is 12.8. The zero-order chi connectivity index (χ0) is 19.1. The molecule has 1 amide bonds. The predicted molar refractivity (Wildman–Crippen MR) is 98.0 cm³/mol. The number of hydrogen-bond donors (Lipinski definition) is 0. The summed E-state index contributed by atoms with van der Waals surface area (Å²) < 4.78 is 7.26. The highest BCUT2D eigenvalue weighted by molar-refractivity contribution is 5.76. The lowest BCUT2D eigenvalue weighted by Crippen LogP contribution is -2.41. The van der Waals surface area contributed by atoms with Crippen LogP contribution in [0.1, 0.15) is 55.7 Å². The van der Waals surface area contributed by atoms with Gasteiger partial charge in [-0.25, -0.2) is 9.67 Å². The van der Waals surface area contributed by atoms with Gasteiger partial charge in [0, 0.05) is 43.3 Å². The van der Waals surface area contributed by atoms with Crippen molar-refractivity contribution in [2.75, 3.05) is 6.54 Å². The molecule has 3 aromatic rings. The summed E-state index contributed by atoms with van der Waals surface area (Å²) in [4.78, 5) is 27.7. The molecule has 1 aliphatic heterocycles. The molecule has 28 heavy (non-hydrogen) atoms. The quantitative estimate of drug-likeness (QED) is 0.669. The molecule has 2 aliphatic rings. The number of carbonyl (C=O) groups is 1. The molecule has 0 radical (unpaired) electrons. The van der Waals surface area contributed by atoms with Crippen LogP contribution in [0.15, 0.2) is 29.0 Å². The van der Waals surface area contributed by atoms with E-state index in [1.807, 2.05) is 28.6 Å². The number of aryl methyl sites for hydroxylation is 1. The third-order valence-corrected chi connectivity index (χ3v) is 5.33. The minimum absolute atomic E-state index is 0.0679. The van der Waals surface area contributed by atoms with Crippen molar-refractivity contribution < 1.29 is 9.32 Å². The number of hydrogen-bond acceptors (Lipinski definition) is 7. The lowest BCUT2D eigenvalue weighted by atomic mass is 10.1. The summed E-state index contributed by atoms with van der Waals surface area (Å²) in [6.45, 7) is 3.35. The molecule has 1 aliphatic carbocycles. The number of pyridine rings is 1. The molecule has 0 spiro atoms. The molecule has 1 atom stereocenters. The largest absolute Gasteiger partial charge is 0.339 e. The van der Waals surface area contributed by atoms with E-state index in [1.54, 1.807) is 12.4 Å². The molecule has 9 heteroatoms. The van der Waals surface area contributed by atoms with Crippen molar-refractivity contribution in [1.82, 2.24) is 34.8 Å². The monoisotopic (exact) mass is 379 g/mol. The van der Waals surface area contributed by atoms with Gasteiger partial charge in [0.2, 0.25) is 17.6 Å². The summed E-state index contributed by atoms with van der Waals surface area (Å²) in [5.41, 5.74) is 0.840. The fourth-order valence-electron chi connectivity index (χ4n) is 3.57. The van der Waals surface area contributed by atoms with Gasteiger partial charge in [-0.2, -0.15) is 10.1 Å². The Kier molecular flexibility index (Phi) is 4.14. The molecule has 0 saturated heterocycles. The smallest absolute Gasteiger partial charge is 0.227 e. The fourth-order valence-corrected chi connectivity index (χ4v) is 3.57. The van der Waals surface area contributed by atoms with Crippen LogP contribution >= 0.6 is 0 Å². The van der Waals surface area contributed by atoms with Crippen molar-refractivity contribution in [1.29, 1.82) is 0 Å². The average molecular weight is 379 g/mol. The van der Waals surface area contributed by atoms with Crippen molar-refractivity contribution in [2.24, 2.45) is 0 Å². The Morgan fingerprint density at radius 2 is 2.04 bits per heavy atom. The number of nitrogens with zero attached hydrogens (tertiary/aromatic N) is 7. The van der Waals surface area contributed by atoms with Gasteiger partial charge in [0.15, 0.2) is 5.82 Å². The fraction of sp³-hybridized carbons (Fsp3) is 0.474. The Bertz CT molecular complexity index is 993. The molecule has 4 heterocycles. The third-order valence-electron chi connectivity index (χ3n) is 5.33. The highest BCUT2D eigenvalue weighted by Crippen LogP contribution is 2.39. The molecule has 0 aromatic carbocycles. The van der Waals surface area contributed by atoms with Gasteiger partial charge in [-0.1, -0.05) is 5.16 Å². The van der Waals surface area contributed by atoms with Crippen LogP contribution in [0.4, 0.5) is 0 Å². The number of rotatable bonds is 5. The van der Waals surface area contributed by atoms with Crippen molar-refractivity contribution in [3.8, 4) is 11.4 Å². The zero-order valence-corrected chi connectivity index (χ0v) is 15.7. The molecule has 1 fully saturated rings. The van der Waals surface area contributed by atoms with Gasteiger partial charge in [-0.15, -0.1) is 0 Å². The average Bonchev–Trinajstić information content (AvgIpc) is 3.30. The summed E-state index contributed by atoms with van der Waals surface area (Å²) in [5.74, 6) is 3.38. The van der Waals surface area contributed by atoms with Crippen LogP contribution in [0.25, 0.3) is 11.4 Å². The van der Waals surface area contributed by atoms with E-state index in [-0.39, 0.29) is 11.9 Å². The van der Waals surface area contributed by atoms with Gasteiger partial charge in [-0.05, 0) is 31.9 Å². The second-order valence-corrected chi connectivity index (χ2v) is 7.34. The van der Waals surface area contributed by atoms with Crippen LogP contribution in [0.2, 0.25) is 0 Å². The van der Waals surface area contributed by atoms with Crippen LogP contribution in [0.3, 0.4) is 0 Å². The van der Waals surface area contributed by atoms with E-state index in [9.17, 15) is 4.79 Å². The molecular weight excluding hydrogens is 358 g/mol. The number of carbonyl (C=O) groups excluding carboxylic acids is 1. The van der Waals surface area contributed by atoms with Crippen LogP contribution < -0.4 is 0 Å². The van der Waals surface area contributed by atoms with Crippen molar-refractivity contribution >= 4 is 5.91 Å². The minimum Gasteiger partial charge on any atom is -0.339 e. The Morgan fingerprint density at radius 3 is 2.82 bits per heavy atom. The van der Waals surface area contributed by atoms with Gasteiger partial charge >= 0.3 is 0 Å². The van der Waals surface area contributed by atoms with E-state index in [0.29, 0.717) is 43.6 Å². The first-order chi connectivity index (χ1) is 13.7. The maximum Gasteiger partial charge on any atom is 0.227 e. The molecular formula is C19H21N7O2. The van der Waals surface area contributed by atoms with Gasteiger partial charge in [0.05, 0.1) is 12.6 Å². The Hall–Kier alpha value is -3.10. The van der Waals surface area contributed by atoms with Crippen molar-refractivity contribution in [3.63, 3.8) is 0 Å². The highest BCUT2D eigenvalue weighted by atomic mass is 16.5. The summed E-state index contributed by atoms with van der Waals surface area (Å²) in [6, 6.07) is 3.57. The van der Waals surface area contributed by atoms with Gasteiger partial charge in [0.1, 0.15) is 5.82 Å². The van der Waals surface area contributed by atoms with E-state index >= 15 is 0 Å². The number of amides is 1. The molecule has 0 N–H and O–H groups in total. The first kappa shape index (κ1) is 17.0. The van der Waals surface area contributed by atoms with Gasteiger partial charge in [-0.3, -0.25) is 9.78 Å². The Morgan fingerprint density at radius 1 is 1.21 bits per heavy atom. The van der Waals surface area contributed by atoms with E-state index in [0.717, 1.165) is 17.2 Å². The predicted octanol–water partition coefficient (Wildman–Crippen LogP) is 2.14. The molecule has 9 nitrogen and oxygen atoms in total. The van der Waals surface area contributed by atoms with E-state index in [1.165, 1.54) is 12.8 Å². The number of aromatic nitrogens is 6. The van der Waals surface area contributed by atoms with Crippen molar-refractivity contribution in [2.45, 2.75) is 51.1 Å². The highest BCUT2D eigenvalue weighted by Gasteiger charge is 2.34. The van der Waals surface area contributed by atoms with Crippen LogP contribution in [-0.4, -0.2) is 47.2 Å². The molecule has 1 saturated carbocycles.